The maximum Gasteiger partial charge on any atom is 0.350 e. The SMILES string of the molecule is CCC(C)(C)C(=O)OC.CCC(C)(C)C(=O)OC1C(=O)OC2C3OC(C)(C)OC3OC12.CCC(C)(C)C(=O)OC1C(=O)OC2CCCC21.CCC(C)(C)C(=O)OC1C2CC3C(=O)OC1C3O2.CCC(C)(C)C(=O)OC1C2OC(=O)C3C2OC1C3C(=O)OC.O=C1OCC2C3CCC(C3)C12. The van der Waals surface area contributed by atoms with E-state index in [0.29, 0.717) is 49.9 Å². The van der Waals surface area contributed by atoms with Crippen molar-refractivity contribution in [3.8, 4) is 0 Å². The Hall–Kier alpha value is -6.03. The number of cyclic esters (lactones) is 1. The summed E-state index contributed by atoms with van der Waals surface area (Å²) in [5.41, 5.74) is -2.66. The van der Waals surface area contributed by atoms with Gasteiger partial charge in [-0.1, -0.05) is 34.6 Å². The standard InChI is InChI=1S/C15H22O7.C15H20O7.C13H18O5.C13H20O4.C9H12O2.C7H14O2/c1-6-14(2,3)13(17)20-9-7-8(18-11(9)16)10-12(19-7)22-15(4,5)21-10;1-5-15(2,3)14(18)22-11-8-6(12(16)19-4)7-9(20-8)10(11)21-13(7)17;1-4-13(2,3)12(15)18-9-7-5-6-8(16-7)10(9)17-11(6)14;1-4-13(2,3)12(15)17-10-8-6-5-7-9(8)16-11(10)14;10-9-8-6-2-1-5(3-6)7(8)4-11-9;1-5-7(2,3)6(8)9-4/h7-10,12H,6H2,1-5H3;6-11H,5H2,1-4H3;6-10H,4-5H2,1-3H3;8-10H,4-7H2,1-3H3;5-8H,1-4H2;5H2,1-4H3. The number of carbonyl (C=O) groups is 11. The van der Waals surface area contributed by atoms with Gasteiger partial charge < -0.3 is 75.8 Å². The first-order chi connectivity index (χ1) is 46.2. The van der Waals surface area contributed by atoms with Crippen molar-refractivity contribution in [2.75, 3.05) is 20.8 Å². The fourth-order valence-corrected chi connectivity index (χ4v) is 15.0. The molecule has 27 nitrogen and oxygen atoms in total. The molecule has 0 N–H and O–H groups in total. The van der Waals surface area contributed by atoms with Crippen molar-refractivity contribution in [3.05, 3.63) is 0 Å². The molecule has 6 bridgehead atoms. The molecule has 3 aliphatic carbocycles. The average Bonchev–Trinajstić information content (AvgIpc) is 1.56. The van der Waals surface area contributed by atoms with Gasteiger partial charge in [-0.25, -0.2) is 9.59 Å². The van der Waals surface area contributed by atoms with Gasteiger partial charge in [0.05, 0.1) is 65.8 Å². The van der Waals surface area contributed by atoms with E-state index >= 15 is 0 Å². The molecule has 99 heavy (non-hydrogen) atoms. The first-order valence-electron chi connectivity index (χ1n) is 35.6. The molecule has 23 unspecified atom stereocenters. The van der Waals surface area contributed by atoms with Crippen molar-refractivity contribution >= 4 is 65.7 Å². The lowest BCUT2D eigenvalue weighted by atomic mass is 9.78. The molecule has 14 aliphatic rings. The second-order valence-electron chi connectivity index (χ2n) is 32.2. The molecular formula is C72H106O27. The lowest BCUT2D eigenvalue weighted by Gasteiger charge is -2.30. The first kappa shape index (κ1) is 77.1. The normalized spacial score (nSPS) is 37.2. The molecule has 14 fully saturated rings. The molecule has 0 aromatic rings. The van der Waals surface area contributed by atoms with E-state index in [-0.39, 0.29) is 77.3 Å². The van der Waals surface area contributed by atoms with Gasteiger partial charge in [0.25, 0.3) is 0 Å². The monoisotopic (exact) mass is 1400 g/mol. The Morgan fingerprint density at radius 2 is 0.949 bits per heavy atom. The third-order valence-corrected chi connectivity index (χ3v) is 23.5. The predicted octanol–water partition coefficient (Wildman–Crippen LogP) is 7.49. The molecule has 23 atom stereocenters. The summed E-state index contributed by atoms with van der Waals surface area (Å²) in [5.74, 6) is -3.42. The number of rotatable bonds is 15. The van der Waals surface area contributed by atoms with Crippen molar-refractivity contribution < 1.29 is 129 Å². The zero-order valence-corrected chi connectivity index (χ0v) is 61.0. The largest absolute Gasteiger partial charge is 0.469 e. The van der Waals surface area contributed by atoms with Crippen LogP contribution in [0.4, 0.5) is 0 Å². The van der Waals surface area contributed by atoms with E-state index in [9.17, 15) is 52.7 Å². The van der Waals surface area contributed by atoms with Crippen molar-refractivity contribution in [2.45, 2.75) is 292 Å². The summed E-state index contributed by atoms with van der Waals surface area (Å²) >= 11 is 0. The molecule has 0 radical (unpaired) electrons. The summed E-state index contributed by atoms with van der Waals surface area (Å²) in [6.45, 7) is 32.1. The summed E-state index contributed by atoms with van der Waals surface area (Å²) in [6.07, 6.45) is 2.92. The van der Waals surface area contributed by atoms with E-state index < -0.39 is 137 Å². The minimum atomic E-state index is -1.07. The van der Waals surface area contributed by atoms with E-state index in [4.69, 9.17) is 71.1 Å². The first-order valence-corrected chi connectivity index (χ1v) is 35.6. The summed E-state index contributed by atoms with van der Waals surface area (Å²) in [7, 11) is 2.67. The Morgan fingerprint density at radius 3 is 1.51 bits per heavy atom. The van der Waals surface area contributed by atoms with E-state index in [0.717, 1.165) is 38.2 Å². The van der Waals surface area contributed by atoms with Crippen LogP contribution in [0.25, 0.3) is 0 Å². The molecule has 11 aliphatic heterocycles. The topological polar surface area (TPSA) is 335 Å². The number of hydrogen-bond donors (Lipinski definition) is 0. The molecule has 14 rings (SSSR count). The Labute approximate surface area is 579 Å². The molecule has 556 valence electrons. The van der Waals surface area contributed by atoms with Gasteiger partial charge in [-0.2, -0.15) is 0 Å². The van der Waals surface area contributed by atoms with Crippen LogP contribution in [0.15, 0.2) is 0 Å². The van der Waals surface area contributed by atoms with Gasteiger partial charge in [-0.05, 0) is 172 Å². The fourth-order valence-electron chi connectivity index (χ4n) is 15.0. The van der Waals surface area contributed by atoms with Gasteiger partial charge in [-0.15, -0.1) is 0 Å². The van der Waals surface area contributed by atoms with E-state index in [2.05, 4.69) is 4.74 Å². The van der Waals surface area contributed by atoms with Gasteiger partial charge in [0.2, 0.25) is 12.2 Å². The molecule has 0 amide bonds. The summed E-state index contributed by atoms with van der Waals surface area (Å²) in [5, 5.41) is 0. The molecule has 0 aromatic heterocycles. The van der Waals surface area contributed by atoms with Crippen LogP contribution in [0, 0.1) is 74.4 Å². The summed E-state index contributed by atoms with van der Waals surface area (Å²) in [6, 6.07) is 0. The highest BCUT2D eigenvalue weighted by molar-refractivity contribution is 5.88. The maximum atomic E-state index is 12.3. The highest BCUT2D eigenvalue weighted by Crippen LogP contribution is 2.56. The Bertz CT molecular complexity index is 3070. The Morgan fingerprint density at radius 1 is 0.434 bits per heavy atom. The summed E-state index contributed by atoms with van der Waals surface area (Å²) < 4.78 is 85.7. The zero-order valence-electron chi connectivity index (χ0n) is 61.0. The van der Waals surface area contributed by atoms with Crippen molar-refractivity contribution in [2.24, 2.45) is 74.4 Å². The van der Waals surface area contributed by atoms with Crippen LogP contribution in [0.2, 0.25) is 0 Å². The number of esters is 11. The van der Waals surface area contributed by atoms with Crippen molar-refractivity contribution in [3.63, 3.8) is 0 Å². The minimum Gasteiger partial charge on any atom is -0.469 e. The van der Waals surface area contributed by atoms with Crippen LogP contribution >= 0.6 is 0 Å². The fraction of sp³-hybridized carbons (Fsp3) is 0.847. The quantitative estimate of drug-likeness (QED) is 0.113. The van der Waals surface area contributed by atoms with E-state index in [1.165, 1.54) is 33.5 Å². The number of fused-ring (bicyclic) bond motifs is 11. The highest BCUT2D eigenvalue weighted by Gasteiger charge is 2.73. The molecule has 27 heteroatoms. The van der Waals surface area contributed by atoms with Crippen LogP contribution in [0.3, 0.4) is 0 Å². The highest BCUT2D eigenvalue weighted by atomic mass is 16.9. The Balaban J connectivity index is 0.000000142. The molecule has 0 spiro atoms. The van der Waals surface area contributed by atoms with Gasteiger partial charge in [0.1, 0.15) is 42.4 Å². The lowest BCUT2D eigenvalue weighted by molar-refractivity contribution is -0.217. The smallest absolute Gasteiger partial charge is 0.350 e. The predicted molar refractivity (Wildman–Crippen MR) is 341 cm³/mol. The van der Waals surface area contributed by atoms with Crippen LogP contribution in [0.5, 0.6) is 0 Å². The number of methoxy groups -OCH3 is 2. The molecule has 11 heterocycles. The number of ether oxygens (including phenoxy) is 16. The van der Waals surface area contributed by atoms with Crippen molar-refractivity contribution in [1.29, 1.82) is 0 Å². The van der Waals surface area contributed by atoms with Crippen molar-refractivity contribution in [1.82, 2.24) is 0 Å². The van der Waals surface area contributed by atoms with Crippen LogP contribution < -0.4 is 0 Å². The van der Waals surface area contributed by atoms with E-state index in [1.807, 2.05) is 76.2 Å². The minimum absolute atomic E-state index is 0.0231. The van der Waals surface area contributed by atoms with Gasteiger partial charge >= 0.3 is 65.7 Å². The van der Waals surface area contributed by atoms with Gasteiger partial charge in [-0.3, -0.25) is 43.2 Å². The number of carbonyl (C=O) groups excluding carboxylic acids is 11. The Kier molecular flexibility index (Phi) is 22.9. The summed E-state index contributed by atoms with van der Waals surface area (Å²) in [4.78, 5) is 130. The molecule has 11 saturated heterocycles. The van der Waals surface area contributed by atoms with Crippen LogP contribution in [-0.2, 0) is 129 Å². The van der Waals surface area contributed by atoms with E-state index in [1.54, 1.807) is 41.5 Å². The lowest BCUT2D eigenvalue weighted by Crippen LogP contribution is -2.49. The second kappa shape index (κ2) is 29.4. The molecule has 0 aromatic carbocycles. The van der Waals surface area contributed by atoms with Gasteiger partial charge in [0, 0.05) is 11.8 Å². The average molecular weight is 1400 g/mol. The second-order valence-corrected chi connectivity index (χ2v) is 32.2. The zero-order chi connectivity index (χ0) is 73.1. The molecular weight excluding hydrogens is 1300 g/mol. The third kappa shape index (κ3) is 15.2. The number of hydrogen-bond acceptors (Lipinski definition) is 27. The van der Waals surface area contributed by atoms with Gasteiger partial charge in [0.15, 0.2) is 48.7 Å². The third-order valence-electron chi connectivity index (χ3n) is 23.5. The van der Waals surface area contributed by atoms with Crippen LogP contribution in [0.1, 0.15) is 195 Å². The molecule has 3 saturated carbocycles. The van der Waals surface area contributed by atoms with Crippen LogP contribution in [-0.4, -0.2) is 184 Å². The maximum absolute atomic E-state index is 12.3.